The Morgan fingerprint density at radius 1 is 1.35 bits per heavy atom. The van der Waals surface area contributed by atoms with Crippen LogP contribution in [0, 0.1) is 0 Å². The van der Waals surface area contributed by atoms with Crippen molar-refractivity contribution in [3.8, 4) is 11.4 Å². The third-order valence-electron chi connectivity index (χ3n) is 4.26. The van der Waals surface area contributed by atoms with Crippen LogP contribution in [0.1, 0.15) is 37.7 Å². The summed E-state index contributed by atoms with van der Waals surface area (Å²) in [5, 5.41) is 12.8. The Balaban J connectivity index is 1.88. The highest BCUT2D eigenvalue weighted by Crippen LogP contribution is 2.39. The summed E-state index contributed by atoms with van der Waals surface area (Å²) in [4.78, 5) is 14.4. The monoisotopic (exact) mass is 272 g/mol. The summed E-state index contributed by atoms with van der Waals surface area (Å²) in [6.07, 6.45) is 5.67. The molecule has 2 aromatic heterocycles. The molecule has 2 aromatic rings. The van der Waals surface area contributed by atoms with E-state index < -0.39 is 0 Å². The third kappa shape index (κ3) is 1.40. The summed E-state index contributed by atoms with van der Waals surface area (Å²) < 4.78 is 3.71. The zero-order chi connectivity index (χ0) is 13.9. The number of rotatable bonds is 1. The van der Waals surface area contributed by atoms with E-state index in [2.05, 4.69) is 15.3 Å². The summed E-state index contributed by atoms with van der Waals surface area (Å²) >= 11 is 0. The molecule has 0 radical (unpaired) electrons. The van der Waals surface area contributed by atoms with Gasteiger partial charge in [-0.25, -0.2) is 0 Å². The number of amides is 1. The highest BCUT2D eigenvalue weighted by atomic mass is 16.2. The highest BCUT2D eigenvalue weighted by Gasteiger charge is 2.42. The van der Waals surface area contributed by atoms with Crippen LogP contribution in [0.25, 0.3) is 11.4 Å². The Kier molecular flexibility index (Phi) is 2.27. The van der Waals surface area contributed by atoms with E-state index >= 15 is 0 Å². The first kappa shape index (κ1) is 11.6. The molecule has 0 saturated carbocycles. The van der Waals surface area contributed by atoms with Gasteiger partial charge >= 0.3 is 0 Å². The Morgan fingerprint density at radius 3 is 2.95 bits per heavy atom. The topological polar surface area (TPSA) is 68.8 Å². The number of nitrogens with zero attached hydrogens (tertiary/aromatic N) is 6. The second-order valence-electron chi connectivity index (χ2n) is 5.52. The fraction of sp³-hybridized carbons (Fsp3) is 0.538. The lowest BCUT2D eigenvalue weighted by Crippen LogP contribution is -2.42. The predicted molar refractivity (Wildman–Crippen MR) is 70.6 cm³/mol. The molecule has 0 N–H and O–H groups in total. The lowest BCUT2D eigenvalue weighted by molar-refractivity contribution is -0.137. The van der Waals surface area contributed by atoms with Gasteiger partial charge in [0.2, 0.25) is 5.91 Å². The van der Waals surface area contributed by atoms with Crippen LogP contribution in [0.4, 0.5) is 0 Å². The van der Waals surface area contributed by atoms with Crippen LogP contribution in [-0.2, 0) is 11.8 Å². The van der Waals surface area contributed by atoms with Gasteiger partial charge in [0.25, 0.3) is 0 Å². The highest BCUT2D eigenvalue weighted by molar-refractivity contribution is 5.83. The van der Waals surface area contributed by atoms with E-state index in [1.807, 2.05) is 29.6 Å². The molecule has 1 amide bonds. The van der Waals surface area contributed by atoms with Gasteiger partial charge in [0.15, 0.2) is 11.6 Å². The fourth-order valence-electron chi connectivity index (χ4n) is 3.30. The molecule has 4 rings (SSSR count). The number of hydrogen-bond donors (Lipinski definition) is 0. The van der Waals surface area contributed by atoms with Crippen LogP contribution in [0.5, 0.6) is 0 Å². The van der Waals surface area contributed by atoms with Gasteiger partial charge in [0, 0.05) is 19.8 Å². The molecule has 0 spiro atoms. The first-order valence-electron chi connectivity index (χ1n) is 6.91. The van der Waals surface area contributed by atoms with Gasteiger partial charge in [0.05, 0.1) is 17.8 Å². The number of aryl methyl sites for hydroxylation is 1. The Labute approximate surface area is 116 Å². The largest absolute Gasteiger partial charge is 0.331 e. The van der Waals surface area contributed by atoms with Gasteiger partial charge in [0.1, 0.15) is 6.04 Å². The minimum Gasteiger partial charge on any atom is -0.331 e. The van der Waals surface area contributed by atoms with Gasteiger partial charge in [-0.1, -0.05) is 0 Å². The molecule has 0 bridgehead atoms. The average molecular weight is 272 g/mol. The molecular formula is C13H16N6O. The second kappa shape index (κ2) is 3.91. The molecule has 2 atom stereocenters. The van der Waals surface area contributed by atoms with Crippen molar-refractivity contribution in [3.63, 3.8) is 0 Å². The van der Waals surface area contributed by atoms with Crippen LogP contribution in [-0.4, -0.2) is 41.9 Å². The number of hydrogen-bond acceptors (Lipinski definition) is 4. The van der Waals surface area contributed by atoms with Gasteiger partial charge < -0.3 is 4.90 Å². The lowest BCUT2D eigenvalue weighted by atomic mass is 10.1. The molecule has 0 aliphatic carbocycles. The Bertz CT molecular complexity index is 687. The summed E-state index contributed by atoms with van der Waals surface area (Å²) in [6.45, 7) is 2.76. The molecule has 20 heavy (non-hydrogen) atoms. The molecule has 7 heteroatoms. The third-order valence-corrected chi connectivity index (χ3v) is 4.26. The SMILES string of the molecule is C[C@H]1C(=O)N2CCC[C@H]2c2nnc(-c3cnn(C)c3)n21. The van der Waals surface area contributed by atoms with Crippen molar-refractivity contribution in [1.29, 1.82) is 0 Å². The normalized spacial score (nSPS) is 24.9. The van der Waals surface area contributed by atoms with Gasteiger partial charge in [-0.05, 0) is 19.8 Å². The van der Waals surface area contributed by atoms with E-state index in [0.717, 1.165) is 36.6 Å². The predicted octanol–water partition coefficient (Wildman–Crippen LogP) is 0.917. The zero-order valence-corrected chi connectivity index (χ0v) is 11.5. The van der Waals surface area contributed by atoms with Gasteiger partial charge in [-0.3, -0.25) is 14.0 Å². The van der Waals surface area contributed by atoms with Crippen molar-refractivity contribution in [1.82, 2.24) is 29.4 Å². The van der Waals surface area contributed by atoms with Crippen molar-refractivity contribution < 1.29 is 4.79 Å². The van der Waals surface area contributed by atoms with E-state index in [0.29, 0.717) is 0 Å². The van der Waals surface area contributed by atoms with Crippen molar-refractivity contribution >= 4 is 5.91 Å². The molecular weight excluding hydrogens is 256 g/mol. The van der Waals surface area contributed by atoms with Gasteiger partial charge in [-0.15, -0.1) is 10.2 Å². The van der Waals surface area contributed by atoms with E-state index in [4.69, 9.17) is 0 Å². The summed E-state index contributed by atoms with van der Waals surface area (Å²) in [5.74, 6) is 1.82. The maximum Gasteiger partial charge on any atom is 0.246 e. The molecule has 1 fully saturated rings. The molecule has 2 aliphatic heterocycles. The maximum absolute atomic E-state index is 12.5. The molecule has 0 unspecified atom stereocenters. The molecule has 104 valence electrons. The van der Waals surface area contributed by atoms with E-state index in [1.165, 1.54) is 0 Å². The summed E-state index contributed by atoms with van der Waals surface area (Å²) in [7, 11) is 1.87. The second-order valence-corrected chi connectivity index (χ2v) is 5.52. The molecule has 4 heterocycles. The van der Waals surface area contributed by atoms with Crippen molar-refractivity contribution in [2.45, 2.75) is 31.8 Å². The first-order chi connectivity index (χ1) is 9.66. The molecule has 2 aliphatic rings. The average Bonchev–Trinajstić information content (AvgIpc) is 3.12. The van der Waals surface area contributed by atoms with Crippen LogP contribution in [0.3, 0.4) is 0 Å². The summed E-state index contributed by atoms with van der Waals surface area (Å²) in [6, 6.07) is -0.152. The Hall–Kier alpha value is -2.18. The maximum atomic E-state index is 12.5. The standard InChI is InChI=1S/C13H16N6O/c1-8-13(20)18-5-3-4-10(18)12-16-15-11(19(8)12)9-6-14-17(2)7-9/h6-8,10H,3-5H2,1-2H3/t8-,10-/m0/s1. The van der Waals surface area contributed by atoms with Crippen LogP contribution < -0.4 is 0 Å². The van der Waals surface area contributed by atoms with Crippen LogP contribution in [0.15, 0.2) is 12.4 Å². The molecule has 7 nitrogen and oxygen atoms in total. The minimum atomic E-state index is -0.246. The lowest BCUT2D eigenvalue weighted by Gasteiger charge is -2.34. The fourth-order valence-corrected chi connectivity index (χ4v) is 3.30. The number of carbonyl (C=O) groups is 1. The number of aromatic nitrogens is 5. The van der Waals surface area contributed by atoms with Crippen molar-refractivity contribution in [2.24, 2.45) is 7.05 Å². The summed E-state index contributed by atoms with van der Waals surface area (Å²) in [5.41, 5.74) is 0.900. The van der Waals surface area contributed by atoms with Gasteiger partial charge in [-0.2, -0.15) is 5.10 Å². The van der Waals surface area contributed by atoms with E-state index in [-0.39, 0.29) is 18.0 Å². The first-order valence-corrected chi connectivity index (χ1v) is 6.91. The molecule has 1 saturated heterocycles. The minimum absolute atomic E-state index is 0.0941. The van der Waals surface area contributed by atoms with E-state index in [9.17, 15) is 4.79 Å². The number of carbonyl (C=O) groups excluding carboxylic acids is 1. The smallest absolute Gasteiger partial charge is 0.246 e. The number of fused-ring (bicyclic) bond motifs is 3. The Morgan fingerprint density at radius 2 is 2.20 bits per heavy atom. The van der Waals surface area contributed by atoms with Crippen molar-refractivity contribution in [2.75, 3.05) is 6.54 Å². The van der Waals surface area contributed by atoms with Crippen molar-refractivity contribution in [3.05, 3.63) is 18.2 Å². The zero-order valence-electron chi connectivity index (χ0n) is 11.5. The van der Waals surface area contributed by atoms with E-state index in [1.54, 1.807) is 10.9 Å². The molecule has 0 aromatic carbocycles. The van der Waals surface area contributed by atoms with Crippen LogP contribution in [0.2, 0.25) is 0 Å². The van der Waals surface area contributed by atoms with Crippen LogP contribution >= 0.6 is 0 Å². The quantitative estimate of drug-likeness (QED) is 0.774.